The van der Waals surface area contributed by atoms with Crippen molar-refractivity contribution in [3.05, 3.63) is 119 Å². The van der Waals surface area contributed by atoms with Crippen molar-refractivity contribution in [3.63, 3.8) is 0 Å². The number of nitrogens with one attached hydrogen (secondary N) is 1. The molecule has 0 spiro atoms. The molecule has 0 saturated heterocycles. The molecule has 0 fully saturated rings. The molecular formula is C34H35Cl2N3O5S. The number of unbranched alkanes of at least 4 members (excludes halogenated alkanes) is 1. The number of sulfonamides is 1. The smallest absolute Gasteiger partial charge is 0.264 e. The standard InChI is InChI=1S/C34H35Cl2N3O5S/c1-3-4-21-37-34(41)25(2)38(23-26-15-16-27(35)22-32(26)36)33(40)24-39(45(42,43)31-13-9-6-10-14-31)28-17-19-30(20-18-28)44-29-11-7-5-8-12-29/h5-20,22,25H,3-4,21,23-24H2,1-2H3,(H,37,41)/t25-/m1/s1. The average molecular weight is 669 g/mol. The molecule has 0 aliphatic heterocycles. The van der Waals surface area contributed by atoms with Crippen molar-refractivity contribution in [2.45, 2.75) is 44.2 Å². The van der Waals surface area contributed by atoms with Crippen LogP contribution in [0.2, 0.25) is 10.0 Å². The van der Waals surface area contributed by atoms with Crippen LogP contribution in [0.3, 0.4) is 0 Å². The first-order valence-corrected chi connectivity index (χ1v) is 16.7. The summed E-state index contributed by atoms with van der Waals surface area (Å²) in [5.41, 5.74) is 0.805. The van der Waals surface area contributed by atoms with Gasteiger partial charge in [-0.1, -0.05) is 79.0 Å². The largest absolute Gasteiger partial charge is 0.457 e. The first kappa shape index (κ1) is 33.8. The van der Waals surface area contributed by atoms with E-state index in [0.29, 0.717) is 33.7 Å². The van der Waals surface area contributed by atoms with Crippen molar-refractivity contribution in [3.8, 4) is 11.5 Å². The zero-order valence-corrected chi connectivity index (χ0v) is 27.4. The zero-order chi connectivity index (χ0) is 32.4. The number of hydrogen-bond donors (Lipinski definition) is 1. The van der Waals surface area contributed by atoms with Gasteiger partial charge in [0.05, 0.1) is 10.6 Å². The number of anilines is 1. The van der Waals surface area contributed by atoms with Crippen LogP contribution < -0.4 is 14.4 Å². The van der Waals surface area contributed by atoms with Crippen molar-refractivity contribution in [1.29, 1.82) is 0 Å². The predicted octanol–water partition coefficient (Wildman–Crippen LogP) is 7.31. The van der Waals surface area contributed by atoms with E-state index in [2.05, 4.69) is 5.32 Å². The molecule has 0 aliphatic rings. The topological polar surface area (TPSA) is 96.0 Å². The van der Waals surface area contributed by atoms with E-state index in [4.69, 9.17) is 27.9 Å². The molecule has 1 atom stereocenters. The van der Waals surface area contributed by atoms with Gasteiger partial charge in [0.2, 0.25) is 11.8 Å². The third-order valence-corrected chi connectivity index (χ3v) is 9.44. The van der Waals surface area contributed by atoms with Crippen molar-refractivity contribution >= 4 is 50.7 Å². The van der Waals surface area contributed by atoms with E-state index >= 15 is 0 Å². The number of nitrogens with zero attached hydrogens (tertiary/aromatic N) is 2. The number of hydrogen-bond acceptors (Lipinski definition) is 5. The Hall–Kier alpha value is -4.05. The molecule has 0 heterocycles. The summed E-state index contributed by atoms with van der Waals surface area (Å²) in [4.78, 5) is 28.6. The van der Waals surface area contributed by atoms with Crippen LogP contribution >= 0.6 is 23.2 Å². The van der Waals surface area contributed by atoms with Gasteiger partial charge in [-0.25, -0.2) is 8.42 Å². The highest BCUT2D eigenvalue weighted by molar-refractivity contribution is 7.92. The molecule has 0 aromatic heterocycles. The summed E-state index contributed by atoms with van der Waals surface area (Å²) < 4.78 is 34.9. The lowest BCUT2D eigenvalue weighted by atomic mass is 10.1. The number of halogens is 2. The van der Waals surface area contributed by atoms with Crippen LogP contribution in [0.5, 0.6) is 11.5 Å². The van der Waals surface area contributed by atoms with Gasteiger partial charge < -0.3 is 15.0 Å². The summed E-state index contributed by atoms with van der Waals surface area (Å²) in [6.07, 6.45) is 1.67. The highest BCUT2D eigenvalue weighted by Gasteiger charge is 2.32. The van der Waals surface area contributed by atoms with Crippen LogP contribution in [-0.4, -0.2) is 44.3 Å². The van der Waals surface area contributed by atoms with Crippen molar-refractivity contribution in [1.82, 2.24) is 10.2 Å². The Morgan fingerprint density at radius 1 is 0.867 bits per heavy atom. The third kappa shape index (κ3) is 9.00. The maximum absolute atomic E-state index is 14.1. The first-order valence-electron chi connectivity index (χ1n) is 14.5. The molecule has 236 valence electrons. The van der Waals surface area contributed by atoms with E-state index in [1.165, 1.54) is 17.0 Å². The summed E-state index contributed by atoms with van der Waals surface area (Å²) in [5, 5.41) is 3.61. The van der Waals surface area contributed by atoms with E-state index in [0.717, 1.165) is 17.1 Å². The number of rotatable bonds is 14. The predicted molar refractivity (Wildman–Crippen MR) is 178 cm³/mol. The lowest BCUT2D eigenvalue weighted by molar-refractivity contribution is -0.139. The minimum absolute atomic E-state index is 0.0139. The van der Waals surface area contributed by atoms with Crippen LogP contribution in [0, 0.1) is 0 Å². The number of amides is 2. The Morgan fingerprint density at radius 2 is 1.49 bits per heavy atom. The average Bonchev–Trinajstić information content (AvgIpc) is 3.04. The van der Waals surface area contributed by atoms with Crippen LogP contribution in [0.15, 0.2) is 108 Å². The Kier molecular flexibility index (Phi) is 11.9. The number of carbonyl (C=O) groups is 2. The van der Waals surface area contributed by atoms with Gasteiger partial charge in [0.15, 0.2) is 0 Å². The molecule has 0 radical (unpaired) electrons. The monoisotopic (exact) mass is 667 g/mol. The van der Waals surface area contributed by atoms with Gasteiger partial charge in [0.25, 0.3) is 10.0 Å². The highest BCUT2D eigenvalue weighted by atomic mass is 35.5. The van der Waals surface area contributed by atoms with Crippen LogP contribution in [0.25, 0.3) is 0 Å². The van der Waals surface area contributed by atoms with Gasteiger partial charge in [0.1, 0.15) is 24.1 Å². The Balaban J connectivity index is 1.69. The zero-order valence-electron chi connectivity index (χ0n) is 25.0. The minimum atomic E-state index is -4.20. The molecule has 2 amide bonds. The molecule has 4 aromatic rings. The molecule has 4 aromatic carbocycles. The van der Waals surface area contributed by atoms with Gasteiger partial charge in [-0.2, -0.15) is 0 Å². The second-order valence-corrected chi connectivity index (χ2v) is 13.0. The summed E-state index contributed by atoms with van der Waals surface area (Å²) in [6.45, 7) is 3.45. The number of ether oxygens (including phenoxy) is 1. The summed E-state index contributed by atoms with van der Waals surface area (Å²) in [5.74, 6) is 0.159. The fourth-order valence-electron chi connectivity index (χ4n) is 4.51. The molecular weight excluding hydrogens is 633 g/mol. The Labute approximate surface area is 274 Å². The van der Waals surface area contributed by atoms with Crippen molar-refractivity contribution < 1.29 is 22.7 Å². The molecule has 8 nitrogen and oxygen atoms in total. The first-order chi connectivity index (χ1) is 21.6. The fourth-order valence-corrected chi connectivity index (χ4v) is 6.41. The van der Waals surface area contributed by atoms with Gasteiger partial charge in [0, 0.05) is 23.1 Å². The maximum atomic E-state index is 14.1. The molecule has 11 heteroatoms. The SMILES string of the molecule is CCCCNC(=O)[C@@H](C)N(Cc1ccc(Cl)cc1Cl)C(=O)CN(c1ccc(Oc2ccccc2)cc1)S(=O)(=O)c1ccccc1. The summed E-state index contributed by atoms with van der Waals surface area (Å²) >= 11 is 12.5. The quantitative estimate of drug-likeness (QED) is 0.142. The molecule has 0 saturated carbocycles. The second-order valence-electron chi connectivity index (χ2n) is 10.3. The molecule has 1 N–H and O–H groups in total. The fraction of sp³-hybridized carbons (Fsp3) is 0.235. The molecule has 4 rings (SSSR count). The van der Waals surface area contributed by atoms with Gasteiger partial charge in [-0.05, 0) is 79.6 Å². The van der Waals surface area contributed by atoms with E-state index in [-0.39, 0.29) is 23.0 Å². The van der Waals surface area contributed by atoms with Crippen molar-refractivity contribution in [2.75, 3.05) is 17.4 Å². The van der Waals surface area contributed by atoms with E-state index in [9.17, 15) is 18.0 Å². The Morgan fingerprint density at radius 3 is 2.11 bits per heavy atom. The highest BCUT2D eigenvalue weighted by Crippen LogP contribution is 2.29. The van der Waals surface area contributed by atoms with Gasteiger partial charge >= 0.3 is 0 Å². The molecule has 0 aliphatic carbocycles. The number of para-hydroxylation sites is 1. The number of carbonyl (C=O) groups excluding carboxylic acids is 2. The lowest BCUT2D eigenvalue weighted by Gasteiger charge is -2.32. The van der Waals surface area contributed by atoms with Crippen LogP contribution in [-0.2, 0) is 26.2 Å². The Bertz CT molecular complexity index is 1690. The normalized spacial score (nSPS) is 11.8. The van der Waals surface area contributed by atoms with E-state index < -0.39 is 28.5 Å². The molecule has 0 bridgehead atoms. The second kappa shape index (κ2) is 15.8. The molecule has 0 unspecified atom stereocenters. The van der Waals surface area contributed by atoms with E-state index in [1.54, 1.807) is 79.7 Å². The third-order valence-electron chi connectivity index (χ3n) is 7.07. The van der Waals surface area contributed by atoms with Gasteiger partial charge in [-0.3, -0.25) is 13.9 Å². The minimum Gasteiger partial charge on any atom is -0.457 e. The van der Waals surface area contributed by atoms with Crippen LogP contribution in [0.4, 0.5) is 5.69 Å². The summed E-state index contributed by atoms with van der Waals surface area (Å²) in [6, 6.07) is 27.4. The van der Waals surface area contributed by atoms with Crippen LogP contribution in [0.1, 0.15) is 32.3 Å². The van der Waals surface area contributed by atoms with Crippen molar-refractivity contribution in [2.24, 2.45) is 0 Å². The lowest BCUT2D eigenvalue weighted by Crippen LogP contribution is -2.51. The maximum Gasteiger partial charge on any atom is 0.264 e. The molecule has 45 heavy (non-hydrogen) atoms. The van der Waals surface area contributed by atoms with E-state index in [1.807, 2.05) is 25.1 Å². The number of benzene rings is 4. The van der Waals surface area contributed by atoms with Gasteiger partial charge in [-0.15, -0.1) is 0 Å². The summed E-state index contributed by atoms with van der Waals surface area (Å²) in [7, 11) is -4.20.